The number of nitrogens with one attached hydrogen (secondary N) is 1. The molecular formula is C21H16F2N8O2. The van der Waals surface area contributed by atoms with Crippen molar-refractivity contribution >= 4 is 5.65 Å². The number of halogens is 2. The summed E-state index contributed by atoms with van der Waals surface area (Å²) < 4.78 is 38.6. The number of aromatic amines is 1. The van der Waals surface area contributed by atoms with Crippen LogP contribution in [0.25, 0.3) is 17.0 Å². The van der Waals surface area contributed by atoms with Gasteiger partial charge < -0.3 is 9.47 Å². The van der Waals surface area contributed by atoms with Gasteiger partial charge in [-0.3, -0.25) is 9.78 Å². The number of alkyl halides is 2. The Hall–Kier alpha value is -4.35. The van der Waals surface area contributed by atoms with Crippen LogP contribution in [-0.2, 0) is 7.05 Å². The molecule has 1 aromatic carbocycles. The molecule has 12 heteroatoms. The predicted molar refractivity (Wildman–Crippen MR) is 110 cm³/mol. The second-order valence-electron chi connectivity index (χ2n) is 7.62. The lowest BCUT2D eigenvalue weighted by Crippen LogP contribution is -2.14. The highest BCUT2D eigenvalue weighted by atomic mass is 19.3. The van der Waals surface area contributed by atoms with Crippen molar-refractivity contribution in [2.24, 2.45) is 7.05 Å². The summed E-state index contributed by atoms with van der Waals surface area (Å²) in [4.78, 5) is 9.19. The van der Waals surface area contributed by atoms with Gasteiger partial charge in [0.25, 0.3) is 0 Å². The van der Waals surface area contributed by atoms with Gasteiger partial charge in [-0.25, -0.2) is 14.5 Å². The van der Waals surface area contributed by atoms with E-state index in [2.05, 4.69) is 30.1 Å². The second kappa shape index (κ2) is 7.08. The van der Waals surface area contributed by atoms with Gasteiger partial charge in [-0.2, -0.15) is 13.9 Å². The van der Waals surface area contributed by atoms with E-state index in [0.717, 1.165) is 22.4 Å². The number of fused-ring (bicyclic) bond motifs is 4. The number of aromatic nitrogens is 8. The smallest absolute Gasteiger partial charge is 0.387 e. The zero-order valence-corrected chi connectivity index (χ0v) is 17.4. The van der Waals surface area contributed by atoms with Crippen LogP contribution in [0.1, 0.15) is 28.3 Å². The molecule has 1 aliphatic heterocycles. The van der Waals surface area contributed by atoms with E-state index in [9.17, 15) is 8.78 Å². The van der Waals surface area contributed by atoms with Gasteiger partial charge in [-0.15, -0.1) is 10.2 Å². The third-order valence-corrected chi connectivity index (χ3v) is 5.51. The standard InChI is InChI=1S/C21H16F2N8O2/c1-10-14-15(12-7-25-30(2)8-12)16-18-26-17(11-3-5-13(6-4-11)32-21(22)23)29-31(18)9-24-19(16)33-20(14)28-27-10/h3-9,15,21H,1-2H3,(H,27,28). The van der Waals surface area contributed by atoms with Crippen molar-refractivity contribution in [3.8, 4) is 28.9 Å². The summed E-state index contributed by atoms with van der Waals surface area (Å²) >= 11 is 0. The minimum atomic E-state index is -2.89. The van der Waals surface area contributed by atoms with Crippen molar-refractivity contribution in [3.05, 3.63) is 65.4 Å². The largest absolute Gasteiger partial charge is 0.435 e. The van der Waals surface area contributed by atoms with E-state index < -0.39 is 6.61 Å². The summed E-state index contributed by atoms with van der Waals surface area (Å²) in [5.41, 5.74) is 4.61. The lowest BCUT2D eigenvalue weighted by molar-refractivity contribution is -0.0498. The van der Waals surface area contributed by atoms with Crippen molar-refractivity contribution in [3.63, 3.8) is 0 Å². The topological polar surface area (TPSA) is 108 Å². The fourth-order valence-corrected chi connectivity index (χ4v) is 4.09. The Bertz CT molecular complexity index is 1490. The molecule has 1 unspecified atom stereocenters. The molecule has 5 aromatic rings. The van der Waals surface area contributed by atoms with Crippen LogP contribution in [-0.4, -0.2) is 46.2 Å². The van der Waals surface area contributed by atoms with Crippen LogP contribution < -0.4 is 9.47 Å². The summed E-state index contributed by atoms with van der Waals surface area (Å²) in [6, 6.07) is 6.15. The summed E-state index contributed by atoms with van der Waals surface area (Å²) in [5, 5.41) is 16.1. The maximum atomic E-state index is 12.5. The van der Waals surface area contributed by atoms with E-state index in [1.807, 2.05) is 20.2 Å². The van der Waals surface area contributed by atoms with Gasteiger partial charge in [-0.1, -0.05) is 0 Å². The molecule has 33 heavy (non-hydrogen) atoms. The van der Waals surface area contributed by atoms with Crippen LogP contribution in [0.2, 0.25) is 0 Å². The van der Waals surface area contributed by atoms with Gasteiger partial charge in [0.2, 0.25) is 11.8 Å². The minimum absolute atomic E-state index is 0.0598. The lowest BCUT2D eigenvalue weighted by atomic mass is 9.86. The monoisotopic (exact) mass is 450 g/mol. The Morgan fingerprint density at radius 2 is 1.97 bits per heavy atom. The van der Waals surface area contributed by atoms with E-state index in [-0.39, 0.29) is 11.7 Å². The molecular weight excluding hydrogens is 434 g/mol. The summed E-state index contributed by atoms with van der Waals surface area (Å²) in [6.45, 7) is -0.961. The van der Waals surface area contributed by atoms with Gasteiger partial charge >= 0.3 is 6.61 Å². The Balaban J connectivity index is 1.51. The van der Waals surface area contributed by atoms with Crippen LogP contribution >= 0.6 is 0 Å². The Labute approximate surface area is 184 Å². The molecule has 0 aliphatic carbocycles. The Morgan fingerprint density at radius 3 is 2.70 bits per heavy atom. The molecule has 4 aromatic heterocycles. The van der Waals surface area contributed by atoms with Crippen LogP contribution in [0.5, 0.6) is 17.5 Å². The summed E-state index contributed by atoms with van der Waals surface area (Å²) in [6.07, 6.45) is 5.24. The van der Waals surface area contributed by atoms with E-state index in [1.54, 1.807) is 27.5 Å². The van der Waals surface area contributed by atoms with Gasteiger partial charge in [0.1, 0.15) is 12.1 Å². The molecule has 0 saturated carbocycles. The number of H-pyrrole nitrogens is 1. The van der Waals surface area contributed by atoms with Crippen LogP contribution in [0, 0.1) is 6.92 Å². The van der Waals surface area contributed by atoms with Gasteiger partial charge in [0.05, 0.1) is 17.7 Å². The number of rotatable bonds is 4. The van der Waals surface area contributed by atoms with Crippen LogP contribution in [0.15, 0.2) is 43.0 Å². The zero-order chi connectivity index (χ0) is 22.7. The molecule has 0 amide bonds. The highest BCUT2D eigenvalue weighted by molar-refractivity contribution is 5.68. The number of ether oxygens (including phenoxy) is 2. The first-order chi connectivity index (χ1) is 16.0. The average Bonchev–Trinajstić information content (AvgIpc) is 3.51. The van der Waals surface area contributed by atoms with Crippen molar-refractivity contribution < 1.29 is 18.3 Å². The van der Waals surface area contributed by atoms with Crippen molar-refractivity contribution in [2.45, 2.75) is 19.5 Å². The molecule has 5 heterocycles. The second-order valence-corrected chi connectivity index (χ2v) is 7.62. The Kier molecular flexibility index (Phi) is 4.15. The summed E-state index contributed by atoms with van der Waals surface area (Å²) in [5.74, 6) is 1.04. The fourth-order valence-electron chi connectivity index (χ4n) is 4.09. The molecule has 0 radical (unpaired) electrons. The molecule has 1 atom stereocenters. The quantitative estimate of drug-likeness (QED) is 0.438. The number of aryl methyl sites for hydroxylation is 2. The van der Waals surface area contributed by atoms with E-state index in [4.69, 9.17) is 9.72 Å². The Morgan fingerprint density at radius 1 is 1.15 bits per heavy atom. The molecule has 10 nitrogen and oxygen atoms in total. The number of hydrogen-bond acceptors (Lipinski definition) is 7. The average molecular weight is 450 g/mol. The van der Waals surface area contributed by atoms with E-state index in [0.29, 0.717) is 28.8 Å². The molecule has 0 fully saturated rings. The van der Waals surface area contributed by atoms with Crippen molar-refractivity contribution in [1.82, 2.24) is 39.6 Å². The first-order valence-electron chi connectivity index (χ1n) is 9.99. The third kappa shape index (κ3) is 3.10. The molecule has 166 valence electrons. The molecule has 0 bridgehead atoms. The SMILES string of the molecule is Cc1[nH]nc2c1C(c1cnn(C)c1)c1c(ncn3nc(-c4ccc(OC(F)F)cc4)nc13)O2. The molecule has 1 aliphatic rings. The fraction of sp³-hybridized carbons (Fsp3) is 0.190. The molecule has 0 spiro atoms. The molecule has 0 saturated heterocycles. The van der Waals surface area contributed by atoms with Crippen LogP contribution in [0.3, 0.4) is 0 Å². The zero-order valence-electron chi connectivity index (χ0n) is 17.4. The number of hydrogen-bond donors (Lipinski definition) is 1. The highest BCUT2D eigenvalue weighted by Gasteiger charge is 2.37. The summed E-state index contributed by atoms with van der Waals surface area (Å²) in [7, 11) is 1.85. The number of nitrogens with zero attached hydrogens (tertiary/aromatic N) is 7. The lowest BCUT2D eigenvalue weighted by Gasteiger charge is -2.24. The number of benzene rings is 1. The van der Waals surface area contributed by atoms with E-state index >= 15 is 0 Å². The first-order valence-corrected chi connectivity index (χ1v) is 9.99. The molecule has 6 rings (SSSR count). The van der Waals surface area contributed by atoms with Crippen molar-refractivity contribution in [1.29, 1.82) is 0 Å². The van der Waals surface area contributed by atoms with Crippen molar-refractivity contribution in [2.75, 3.05) is 0 Å². The van der Waals surface area contributed by atoms with Gasteiger partial charge in [0, 0.05) is 35.6 Å². The third-order valence-electron chi connectivity index (χ3n) is 5.51. The minimum Gasteiger partial charge on any atom is -0.435 e. The van der Waals surface area contributed by atoms with Crippen LogP contribution in [0.4, 0.5) is 8.78 Å². The first kappa shape index (κ1) is 19.3. The van der Waals surface area contributed by atoms with Gasteiger partial charge in [0.15, 0.2) is 11.5 Å². The predicted octanol–water partition coefficient (Wildman–Crippen LogP) is 3.44. The van der Waals surface area contributed by atoms with Gasteiger partial charge in [-0.05, 0) is 31.2 Å². The molecule has 1 N–H and O–H groups in total. The maximum Gasteiger partial charge on any atom is 0.387 e. The maximum absolute atomic E-state index is 12.5. The van der Waals surface area contributed by atoms with E-state index in [1.165, 1.54) is 18.5 Å². The highest BCUT2D eigenvalue weighted by Crippen LogP contribution is 2.48. The normalized spacial score (nSPS) is 14.9.